The Morgan fingerprint density at radius 3 is 2.69 bits per heavy atom. The van der Waals surface area contributed by atoms with Gasteiger partial charge in [-0.3, -0.25) is 4.79 Å². The molecule has 134 valence electrons. The Hall–Kier alpha value is -2.22. The molecule has 0 aliphatic carbocycles. The van der Waals surface area contributed by atoms with Crippen molar-refractivity contribution in [3.05, 3.63) is 58.1 Å². The Labute approximate surface area is 164 Å². The number of nitrogens with two attached hydrogens (primary N) is 1. The van der Waals surface area contributed by atoms with Crippen molar-refractivity contribution in [1.82, 2.24) is 14.9 Å². The highest BCUT2D eigenvalue weighted by molar-refractivity contribution is 7.99. The number of anilines is 1. The fraction of sp³-hybridized carbons (Fsp3) is 0.118. The van der Waals surface area contributed by atoms with Gasteiger partial charge in [-0.25, -0.2) is 4.68 Å². The van der Waals surface area contributed by atoms with Gasteiger partial charge in [0.2, 0.25) is 11.1 Å². The van der Waals surface area contributed by atoms with Crippen LogP contribution in [0.3, 0.4) is 0 Å². The molecule has 2 aromatic carbocycles. The van der Waals surface area contributed by atoms with E-state index in [0.29, 0.717) is 32.3 Å². The number of amides is 1. The van der Waals surface area contributed by atoms with Gasteiger partial charge in [0.25, 0.3) is 0 Å². The minimum absolute atomic E-state index is 0.128. The Morgan fingerprint density at radius 2 is 1.96 bits per heavy atom. The summed E-state index contributed by atoms with van der Waals surface area (Å²) in [7, 11) is 0. The van der Waals surface area contributed by atoms with Crippen molar-refractivity contribution in [2.24, 2.45) is 0 Å². The van der Waals surface area contributed by atoms with Crippen LogP contribution in [-0.2, 0) is 4.79 Å². The summed E-state index contributed by atoms with van der Waals surface area (Å²) in [6, 6.07) is 12.6. The van der Waals surface area contributed by atoms with Gasteiger partial charge in [-0.2, -0.15) is 0 Å². The van der Waals surface area contributed by atoms with Crippen LogP contribution in [0.2, 0.25) is 10.0 Å². The number of hydrogen-bond acceptors (Lipinski definition) is 5. The van der Waals surface area contributed by atoms with Crippen molar-refractivity contribution in [2.45, 2.75) is 12.1 Å². The lowest BCUT2D eigenvalue weighted by Crippen LogP contribution is -2.16. The lowest BCUT2D eigenvalue weighted by atomic mass is 10.2. The molecule has 0 radical (unpaired) electrons. The zero-order valence-corrected chi connectivity index (χ0v) is 16.1. The number of carbonyl (C=O) groups is 1. The molecule has 1 heterocycles. The summed E-state index contributed by atoms with van der Waals surface area (Å²) >= 11 is 13.4. The van der Waals surface area contributed by atoms with Crippen LogP contribution in [0.15, 0.2) is 47.6 Å². The molecule has 0 aliphatic rings. The summed E-state index contributed by atoms with van der Waals surface area (Å²) in [5.74, 6) is 6.41. The molecule has 0 fully saturated rings. The van der Waals surface area contributed by atoms with Crippen molar-refractivity contribution in [3.8, 4) is 11.4 Å². The fourth-order valence-electron chi connectivity index (χ4n) is 2.20. The zero-order valence-electron chi connectivity index (χ0n) is 13.7. The van der Waals surface area contributed by atoms with Gasteiger partial charge in [-0.05, 0) is 36.8 Å². The second kappa shape index (κ2) is 7.99. The number of nitrogen functional groups attached to an aromatic ring is 1. The third-order valence-corrected chi connectivity index (χ3v) is 5.25. The fourth-order valence-corrected chi connectivity index (χ4v) is 3.26. The van der Waals surface area contributed by atoms with E-state index in [9.17, 15) is 4.79 Å². The number of aryl methyl sites for hydroxylation is 1. The van der Waals surface area contributed by atoms with E-state index in [0.717, 1.165) is 5.56 Å². The lowest BCUT2D eigenvalue weighted by Gasteiger charge is -2.07. The standard InChI is InChI=1S/C17H15Cl2N5OS/c1-10-6-7-11(8-14(10)19)21-15(25)9-26-17-23-22-16(24(17)20)12-4-2-3-5-13(12)18/h2-8H,9,20H2,1H3,(H,21,25). The maximum Gasteiger partial charge on any atom is 0.234 e. The Balaban J connectivity index is 1.66. The van der Waals surface area contributed by atoms with Crippen molar-refractivity contribution in [2.75, 3.05) is 16.9 Å². The number of hydrogen-bond donors (Lipinski definition) is 2. The predicted octanol–water partition coefficient (Wildman–Crippen LogP) is 4.00. The summed E-state index contributed by atoms with van der Waals surface area (Å²) in [4.78, 5) is 12.1. The van der Waals surface area contributed by atoms with E-state index in [2.05, 4.69) is 15.5 Å². The van der Waals surface area contributed by atoms with Crippen LogP contribution in [0.1, 0.15) is 5.56 Å². The molecule has 1 aromatic heterocycles. The van der Waals surface area contributed by atoms with Crippen LogP contribution < -0.4 is 11.2 Å². The van der Waals surface area contributed by atoms with Crippen molar-refractivity contribution >= 4 is 46.6 Å². The van der Waals surface area contributed by atoms with E-state index in [1.807, 2.05) is 25.1 Å². The molecular formula is C17H15Cl2N5OS. The molecule has 6 nitrogen and oxygen atoms in total. The highest BCUT2D eigenvalue weighted by Gasteiger charge is 2.15. The van der Waals surface area contributed by atoms with Gasteiger partial charge in [0.1, 0.15) is 0 Å². The maximum absolute atomic E-state index is 12.1. The number of halogens is 2. The first-order valence-electron chi connectivity index (χ1n) is 7.60. The number of nitrogens with one attached hydrogen (secondary N) is 1. The van der Waals surface area contributed by atoms with Gasteiger partial charge in [0, 0.05) is 16.3 Å². The van der Waals surface area contributed by atoms with Gasteiger partial charge in [-0.1, -0.05) is 53.2 Å². The maximum atomic E-state index is 12.1. The van der Waals surface area contributed by atoms with E-state index in [1.165, 1.54) is 16.4 Å². The van der Waals surface area contributed by atoms with Crippen molar-refractivity contribution in [3.63, 3.8) is 0 Å². The number of benzene rings is 2. The van der Waals surface area contributed by atoms with Crippen LogP contribution in [0.4, 0.5) is 5.69 Å². The molecule has 0 saturated heterocycles. The molecule has 1 amide bonds. The quantitative estimate of drug-likeness (QED) is 0.492. The molecule has 3 N–H and O–H groups in total. The van der Waals surface area contributed by atoms with E-state index in [-0.39, 0.29) is 11.7 Å². The topological polar surface area (TPSA) is 85.8 Å². The van der Waals surface area contributed by atoms with Gasteiger partial charge >= 0.3 is 0 Å². The minimum Gasteiger partial charge on any atom is -0.335 e. The molecule has 0 unspecified atom stereocenters. The first-order valence-corrected chi connectivity index (χ1v) is 9.34. The second-order valence-corrected chi connectivity index (χ2v) is 7.21. The summed E-state index contributed by atoms with van der Waals surface area (Å²) in [6.45, 7) is 1.90. The SMILES string of the molecule is Cc1ccc(NC(=O)CSc2nnc(-c3ccccc3Cl)n2N)cc1Cl. The molecular weight excluding hydrogens is 393 g/mol. The number of thioether (sulfide) groups is 1. The number of aromatic nitrogens is 3. The smallest absolute Gasteiger partial charge is 0.234 e. The number of nitrogens with zero attached hydrogens (tertiary/aromatic N) is 3. The molecule has 0 spiro atoms. The van der Waals surface area contributed by atoms with Crippen molar-refractivity contribution in [1.29, 1.82) is 0 Å². The molecule has 3 aromatic rings. The van der Waals surface area contributed by atoms with Gasteiger partial charge in [-0.15, -0.1) is 10.2 Å². The lowest BCUT2D eigenvalue weighted by molar-refractivity contribution is -0.113. The van der Waals surface area contributed by atoms with Crippen LogP contribution in [-0.4, -0.2) is 26.5 Å². The highest BCUT2D eigenvalue weighted by Crippen LogP contribution is 2.27. The van der Waals surface area contributed by atoms with Crippen LogP contribution in [0, 0.1) is 6.92 Å². The Morgan fingerprint density at radius 1 is 1.19 bits per heavy atom. The van der Waals surface area contributed by atoms with Crippen LogP contribution in [0.5, 0.6) is 0 Å². The Kier molecular flexibility index (Phi) is 5.70. The summed E-state index contributed by atoms with van der Waals surface area (Å²) in [5.41, 5.74) is 2.26. The van der Waals surface area contributed by atoms with E-state index >= 15 is 0 Å². The van der Waals surface area contributed by atoms with E-state index < -0.39 is 0 Å². The zero-order chi connectivity index (χ0) is 18.7. The number of rotatable bonds is 5. The second-order valence-electron chi connectivity index (χ2n) is 5.46. The van der Waals surface area contributed by atoms with Crippen LogP contribution in [0.25, 0.3) is 11.4 Å². The highest BCUT2D eigenvalue weighted by atomic mass is 35.5. The monoisotopic (exact) mass is 407 g/mol. The predicted molar refractivity (Wildman–Crippen MR) is 106 cm³/mol. The van der Waals surface area contributed by atoms with Gasteiger partial charge in [0.15, 0.2) is 5.82 Å². The van der Waals surface area contributed by atoms with Gasteiger partial charge in [0.05, 0.1) is 10.8 Å². The molecule has 9 heteroatoms. The van der Waals surface area contributed by atoms with E-state index in [4.69, 9.17) is 29.0 Å². The number of carbonyl (C=O) groups excluding carboxylic acids is 1. The summed E-state index contributed by atoms with van der Waals surface area (Å²) in [5, 5.41) is 12.4. The first kappa shape index (κ1) is 18.6. The normalized spacial score (nSPS) is 10.7. The van der Waals surface area contributed by atoms with E-state index in [1.54, 1.807) is 24.3 Å². The van der Waals surface area contributed by atoms with Crippen molar-refractivity contribution < 1.29 is 4.79 Å². The third-order valence-electron chi connectivity index (χ3n) is 3.57. The largest absolute Gasteiger partial charge is 0.335 e. The minimum atomic E-state index is -0.197. The average Bonchev–Trinajstić information content (AvgIpc) is 2.97. The third kappa shape index (κ3) is 4.12. The molecule has 0 atom stereocenters. The Bertz CT molecular complexity index is 960. The van der Waals surface area contributed by atoms with Crippen LogP contribution >= 0.6 is 35.0 Å². The summed E-state index contributed by atoms with van der Waals surface area (Å²) < 4.78 is 1.32. The molecule has 26 heavy (non-hydrogen) atoms. The molecule has 0 aliphatic heterocycles. The molecule has 0 bridgehead atoms. The average molecular weight is 408 g/mol. The first-order chi connectivity index (χ1) is 12.5. The molecule has 0 saturated carbocycles. The van der Waals surface area contributed by atoms with Gasteiger partial charge < -0.3 is 11.2 Å². The molecule has 3 rings (SSSR count). The summed E-state index contributed by atoms with van der Waals surface area (Å²) in [6.07, 6.45) is 0.